The fourth-order valence-corrected chi connectivity index (χ4v) is 1.68. The number of hydrogen-bond donors (Lipinski definition) is 1. The maximum absolute atomic E-state index is 11.7. The summed E-state index contributed by atoms with van der Waals surface area (Å²) in [5, 5.41) is 6.44. The number of carbonyl (C=O) groups excluding carboxylic acids is 1. The number of nitrogens with one attached hydrogen (secondary N) is 1. The van der Waals surface area contributed by atoms with E-state index in [4.69, 9.17) is 9.26 Å². The Balaban J connectivity index is 2.07. The first-order valence-electron chi connectivity index (χ1n) is 6.50. The molecule has 0 saturated carbocycles. The Hall–Kier alpha value is -2.41. The topological polar surface area (TPSA) is 80.5 Å². The summed E-state index contributed by atoms with van der Waals surface area (Å²) >= 11 is 0. The van der Waals surface area contributed by atoms with Crippen molar-refractivity contribution in [3.8, 4) is 11.4 Å². The molecule has 1 heterocycles. The number of nitrogens with zero attached hydrogens (tertiary/aromatic N) is 3. The molecule has 0 aliphatic rings. The van der Waals surface area contributed by atoms with E-state index in [1.165, 1.54) is 0 Å². The number of methoxy groups -OCH3 is 1. The van der Waals surface area contributed by atoms with Gasteiger partial charge in [0.1, 0.15) is 0 Å². The van der Waals surface area contributed by atoms with E-state index in [-0.39, 0.29) is 5.89 Å². The quantitative estimate of drug-likeness (QED) is 0.805. The second-order valence-corrected chi connectivity index (χ2v) is 4.61. The van der Waals surface area contributed by atoms with Gasteiger partial charge < -0.3 is 19.5 Å². The van der Waals surface area contributed by atoms with Gasteiger partial charge in [0.25, 0.3) is 0 Å². The summed E-state index contributed by atoms with van der Waals surface area (Å²) in [6, 6.07) is 7.66. The van der Waals surface area contributed by atoms with Crippen molar-refractivity contribution < 1.29 is 14.1 Å². The first-order chi connectivity index (χ1) is 10.1. The van der Waals surface area contributed by atoms with E-state index in [1.807, 2.05) is 43.3 Å². The van der Waals surface area contributed by atoms with Gasteiger partial charge in [0, 0.05) is 39.0 Å². The molecule has 21 heavy (non-hydrogen) atoms. The highest BCUT2D eigenvalue weighted by molar-refractivity contribution is 5.89. The monoisotopic (exact) mass is 290 g/mol. The van der Waals surface area contributed by atoms with Gasteiger partial charge >= 0.3 is 11.8 Å². The molecule has 0 saturated heterocycles. The van der Waals surface area contributed by atoms with Crippen LogP contribution in [-0.2, 0) is 4.74 Å². The maximum Gasteiger partial charge on any atom is 0.316 e. The number of carbonyl (C=O) groups is 1. The Morgan fingerprint density at radius 2 is 2.05 bits per heavy atom. The smallest absolute Gasteiger partial charge is 0.316 e. The van der Waals surface area contributed by atoms with Crippen LogP contribution in [-0.4, -0.2) is 50.4 Å². The lowest BCUT2D eigenvalue weighted by molar-refractivity contribution is 0.0893. The van der Waals surface area contributed by atoms with Crippen LogP contribution in [0.1, 0.15) is 10.7 Å². The van der Waals surface area contributed by atoms with Crippen molar-refractivity contribution in [2.24, 2.45) is 0 Å². The number of benzene rings is 1. The standard InChI is InChI=1S/C14H18N4O3/c1-18(2)11-6-4-10(5-7-11)12-16-14(21-17-12)13(19)15-8-9-20-3/h4-7H,8-9H2,1-3H3,(H,15,19). The average molecular weight is 290 g/mol. The predicted molar refractivity (Wildman–Crippen MR) is 78.3 cm³/mol. The van der Waals surface area contributed by atoms with Crippen LogP contribution in [0.3, 0.4) is 0 Å². The van der Waals surface area contributed by atoms with E-state index in [9.17, 15) is 4.79 Å². The predicted octanol–water partition coefficient (Wildman–Crippen LogP) is 1.18. The number of hydrogen-bond acceptors (Lipinski definition) is 6. The van der Waals surface area contributed by atoms with E-state index < -0.39 is 5.91 Å². The largest absolute Gasteiger partial charge is 0.383 e. The zero-order valence-electron chi connectivity index (χ0n) is 12.3. The van der Waals surface area contributed by atoms with Gasteiger partial charge in [0.2, 0.25) is 5.82 Å². The highest BCUT2D eigenvalue weighted by atomic mass is 16.5. The summed E-state index contributed by atoms with van der Waals surface area (Å²) in [4.78, 5) is 17.8. The van der Waals surface area contributed by atoms with Crippen LogP contribution in [0.2, 0.25) is 0 Å². The molecule has 0 spiro atoms. The Morgan fingerprint density at radius 3 is 2.67 bits per heavy atom. The van der Waals surface area contributed by atoms with Crippen molar-refractivity contribution in [1.29, 1.82) is 0 Å². The fraction of sp³-hybridized carbons (Fsp3) is 0.357. The normalized spacial score (nSPS) is 10.4. The molecular formula is C14H18N4O3. The third kappa shape index (κ3) is 3.79. The first kappa shape index (κ1) is 15.0. The Morgan fingerprint density at radius 1 is 1.33 bits per heavy atom. The Kier molecular flexibility index (Phi) is 4.89. The van der Waals surface area contributed by atoms with Gasteiger partial charge in [-0.2, -0.15) is 4.98 Å². The zero-order chi connectivity index (χ0) is 15.2. The first-order valence-corrected chi connectivity index (χ1v) is 6.50. The fourth-order valence-electron chi connectivity index (χ4n) is 1.68. The van der Waals surface area contributed by atoms with Crippen molar-refractivity contribution in [1.82, 2.24) is 15.5 Å². The van der Waals surface area contributed by atoms with Crippen molar-refractivity contribution in [2.45, 2.75) is 0 Å². The molecule has 0 atom stereocenters. The minimum atomic E-state index is -0.407. The van der Waals surface area contributed by atoms with Crippen LogP contribution in [0.4, 0.5) is 5.69 Å². The number of aromatic nitrogens is 2. The molecule has 2 aromatic rings. The summed E-state index contributed by atoms with van der Waals surface area (Å²) in [5.74, 6) is -0.0781. The second-order valence-electron chi connectivity index (χ2n) is 4.61. The molecule has 0 unspecified atom stereocenters. The number of anilines is 1. The van der Waals surface area contributed by atoms with Gasteiger partial charge in [-0.15, -0.1) is 0 Å². The van der Waals surface area contributed by atoms with Crippen LogP contribution in [0.25, 0.3) is 11.4 Å². The molecule has 1 N–H and O–H groups in total. The minimum absolute atomic E-state index is 0.0576. The van der Waals surface area contributed by atoms with Crippen molar-refractivity contribution in [3.05, 3.63) is 30.2 Å². The van der Waals surface area contributed by atoms with E-state index >= 15 is 0 Å². The highest BCUT2D eigenvalue weighted by Gasteiger charge is 2.15. The zero-order valence-corrected chi connectivity index (χ0v) is 12.3. The van der Waals surface area contributed by atoms with Crippen LogP contribution in [0, 0.1) is 0 Å². The molecule has 1 aromatic carbocycles. The molecule has 2 rings (SSSR count). The summed E-state index contributed by atoms with van der Waals surface area (Å²) in [5.41, 5.74) is 1.86. The lowest BCUT2D eigenvalue weighted by atomic mass is 10.2. The maximum atomic E-state index is 11.7. The molecule has 1 amide bonds. The van der Waals surface area contributed by atoms with Gasteiger partial charge in [0.15, 0.2) is 0 Å². The third-order valence-electron chi connectivity index (χ3n) is 2.85. The number of ether oxygens (including phenoxy) is 1. The van der Waals surface area contributed by atoms with Crippen molar-refractivity contribution >= 4 is 11.6 Å². The molecule has 0 radical (unpaired) electrons. The Bertz CT molecular complexity index is 593. The lowest BCUT2D eigenvalue weighted by Crippen LogP contribution is -2.27. The molecule has 0 aliphatic carbocycles. The molecule has 0 fully saturated rings. The van der Waals surface area contributed by atoms with E-state index in [0.717, 1.165) is 11.3 Å². The van der Waals surface area contributed by atoms with Crippen LogP contribution >= 0.6 is 0 Å². The molecule has 1 aromatic heterocycles. The molecule has 112 valence electrons. The molecular weight excluding hydrogens is 272 g/mol. The van der Waals surface area contributed by atoms with Crippen LogP contribution in [0.5, 0.6) is 0 Å². The summed E-state index contributed by atoms with van der Waals surface area (Å²) in [6.07, 6.45) is 0. The lowest BCUT2D eigenvalue weighted by Gasteiger charge is -2.11. The van der Waals surface area contributed by atoms with Gasteiger partial charge in [-0.1, -0.05) is 5.16 Å². The van der Waals surface area contributed by atoms with E-state index in [1.54, 1.807) is 7.11 Å². The van der Waals surface area contributed by atoms with Crippen LogP contribution < -0.4 is 10.2 Å². The SMILES string of the molecule is COCCNC(=O)c1nc(-c2ccc(N(C)C)cc2)no1. The molecule has 0 aliphatic heterocycles. The van der Waals surface area contributed by atoms with Gasteiger partial charge in [0.05, 0.1) is 6.61 Å². The highest BCUT2D eigenvalue weighted by Crippen LogP contribution is 2.19. The van der Waals surface area contributed by atoms with Gasteiger partial charge in [-0.05, 0) is 24.3 Å². The van der Waals surface area contributed by atoms with Crippen LogP contribution in [0.15, 0.2) is 28.8 Å². The molecule has 0 bridgehead atoms. The minimum Gasteiger partial charge on any atom is -0.383 e. The van der Waals surface area contributed by atoms with Crippen molar-refractivity contribution in [2.75, 3.05) is 39.3 Å². The summed E-state index contributed by atoms with van der Waals surface area (Å²) in [6.45, 7) is 0.823. The van der Waals surface area contributed by atoms with Crippen molar-refractivity contribution in [3.63, 3.8) is 0 Å². The number of rotatable bonds is 6. The number of amides is 1. The molecule has 7 heteroatoms. The van der Waals surface area contributed by atoms with Gasteiger partial charge in [-0.25, -0.2) is 0 Å². The average Bonchev–Trinajstić information content (AvgIpc) is 2.97. The summed E-state index contributed by atoms with van der Waals surface area (Å²) < 4.78 is 9.81. The van der Waals surface area contributed by atoms with E-state index in [2.05, 4.69) is 15.5 Å². The summed E-state index contributed by atoms with van der Waals surface area (Å²) in [7, 11) is 5.49. The van der Waals surface area contributed by atoms with E-state index in [0.29, 0.717) is 19.0 Å². The third-order valence-corrected chi connectivity index (χ3v) is 2.85. The van der Waals surface area contributed by atoms with Gasteiger partial charge in [-0.3, -0.25) is 4.79 Å². The second kappa shape index (κ2) is 6.85. The molecule has 7 nitrogen and oxygen atoms in total. The Labute approximate surface area is 122 Å².